The molecule has 0 aliphatic carbocycles. The number of para-hydroxylation sites is 1. The molecule has 0 amide bonds. The van der Waals surface area contributed by atoms with E-state index in [-0.39, 0.29) is 0 Å². The van der Waals surface area contributed by atoms with Gasteiger partial charge in [0.1, 0.15) is 6.29 Å². The van der Waals surface area contributed by atoms with Gasteiger partial charge in [-0.2, -0.15) is 0 Å². The number of carbonyl (C=O) groups is 1. The van der Waals surface area contributed by atoms with Gasteiger partial charge in [-0.1, -0.05) is 47.0 Å². The van der Waals surface area contributed by atoms with E-state index >= 15 is 0 Å². The normalized spacial score (nSPS) is 9.57. The average molecular weight is 326 g/mol. The Kier molecular flexibility index (Phi) is 7.23. The van der Waals surface area contributed by atoms with E-state index in [1.807, 2.05) is 25.1 Å². The molecule has 2 N–H and O–H groups in total. The fraction of sp³-hybridized carbons (Fsp3) is 0.188. The first-order valence-corrected chi connectivity index (χ1v) is 7.06. The third kappa shape index (κ3) is 4.74. The monoisotopic (exact) mass is 325 g/mol. The molecule has 0 aromatic heterocycles. The van der Waals surface area contributed by atoms with Crippen molar-refractivity contribution in [1.82, 2.24) is 0 Å². The van der Waals surface area contributed by atoms with E-state index < -0.39 is 0 Å². The summed E-state index contributed by atoms with van der Waals surface area (Å²) in [7, 11) is 1.00. The summed E-state index contributed by atoms with van der Waals surface area (Å²) in [5.41, 5.74) is 3.52. The van der Waals surface area contributed by atoms with Gasteiger partial charge in [0.25, 0.3) is 0 Å². The second kappa shape index (κ2) is 8.67. The molecule has 0 saturated heterocycles. The van der Waals surface area contributed by atoms with E-state index in [0.717, 1.165) is 30.2 Å². The van der Waals surface area contributed by atoms with Crippen LogP contribution in [0.2, 0.25) is 10.0 Å². The Morgan fingerprint density at radius 1 is 1.14 bits per heavy atom. The third-order valence-corrected chi connectivity index (χ3v) is 3.42. The topological polar surface area (TPSA) is 49.3 Å². The van der Waals surface area contributed by atoms with E-state index in [9.17, 15) is 4.79 Å². The number of halogens is 2. The molecule has 2 rings (SSSR count). The number of nitrogens with one attached hydrogen (secondary N) is 1. The number of benzene rings is 2. The zero-order valence-corrected chi connectivity index (χ0v) is 13.4. The minimum atomic E-state index is 0.353. The van der Waals surface area contributed by atoms with E-state index in [1.165, 1.54) is 0 Å². The lowest BCUT2D eigenvalue weighted by Crippen LogP contribution is -1.98. The van der Waals surface area contributed by atoms with Crippen LogP contribution in [-0.2, 0) is 11.2 Å². The average Bonchev–Trinajstić information content (AvgIpc) is 2.47. The molecule has 0 saturated carbocycles. The number of anilines is 2. The molecule has 0 aliphatic rings. The summed E-state index contributed by atoms with van der Waals surface area (Å²) in [6, 6.07) is 11.2. The van der Waals surface area contributed by atoms with Crippen LogP contribution < -0.4 is 5.32 Å². The highest BCUT2D eigenvalue weighted by molar-refractivity contribution is 6.39. The first-order valence-electron chi connectivity index (χ1n) is 6.30. The van der Waals surface area contributed by atoms with Crippen LogP contribution in [0.25, 0.3) is 0 Å². The lowest BCUT2D eigenvalue weighted by molar-refractivity contribution is -0.107. The van der Waals surface area contributed by atoms with Crippen molar-refractivity contribution in [2.75, 3.05) is 12.4 Å². The minimum Gasteiger partial charge on any atom is -0.400 e. The number of aliphatic hydroxyl groups excluding tert-OH is 1. The van der Waals surface area contributed by atoms with Gasteiger partial charge < -0.3 is 15.2 Å². The van der Waals surface area contributed by atoms with Crippen LogP contribution in [0.5, 0.6) is 0 Å². The molecular weight excluding hydrogens is 309 g/mol. The van der Waals surface area contributed by atoms with Gasteiger partial charge in [-0.3, -0.25) is 0 Å². The summed E-state index contributed by atoms with van der Waals surface area (Å²) >= 11 is 12.2. The Hall–Kier alpha value is -1.55. The highest BCUT2D eigenvalue weighted by Crippen LogP contribution is 2.33. The Morgan fingerprint density at radius 2 is 1.76 bits per heavy atom. The molecule has 5 heteroatoms. The third-order valence-electron chi connectivity index (χ3n) is 2.79. The van der Waals surface area contributed by atoms with Crippen molar-refractivity contribution in [2.45, 2.75) is 13.3 Å². The van der Waals surface area contributed by atoms with Crippen molar-refractivity contribution >= 4 is 40.9 Å². The molecule has 3 nitrogen and oxygen atoms in total. The van der Waals surface area contributed by atoms with Crippen LogP contribution in [0.1, 0.15) is 11.1 Å². The number of rotatable bonds is 4. The highest BCUT2D eigenvalue weighted by Gasteiger charge is 2.08. The summed E-state index contributed by atoms with van der Waals surface area (Å²) in [5.74, 6) is 0. The van der Waals surface area contributed by atoms with E-state index in [0.29, 0.717) is 22.2 Å². The maximum Gasteiger partial charge on any atom is 0.124 e. The summed E-state index contributed by atoms with van der Waals surface area (Å²) in [6.07, 6.45) is 1.24. The van der Waals surface area contributed by atoms with Gasteiger partial charge >= 0.3 is 0 Å². The van der Waals surface area contributed by atoms with E-state index in [4.69, 9.17) is 28.3 Å². The van der Waals surface area contributed by atoms with E-state index in [2.05, 4.69) is 5.32 Å². The van der Waals surface area contributed by atoms with Crippen LogP contribution in [0.15, 0.2) is 36.4 Å². The molecule has 21 heavy (non-hydrogen) atoms. The predicted molar refractivity (Wildman–Crippen MR) is 88.8 cm³/mol. The Labute approximate surface area is 134 Å². The first kappa shape index (κ1) is 17.5. The number of carbonyl (C=O) groups excluding carboxylic acids is 1. The van der Waals surface area contributed by atoms with Crippen molar-refractivity contribution in [3.63, 3.8) is 0 Å². The molecular formula is C16H17Cl2NO2. The zero-order valence-electron chi connectivity index (χ0n) is 11.9. The number of hydrogen-bond acceptors (Lipinski definition) is 3. The molecule has 2 aromatic carbocycles. The number of hydrogen-bond donors (Lipinski definition) is 2. The molecule has 0 bridgehead atoms. The van der Waals surface area contributed by atoms with Gasteiger partial charge in [0, 0.05) is 19.2 Å². The van der Waals surface area contributed by atoms with Crippen LogP contribution >= 0.6 is 23.2 Å². The van der Waals surface area contributed by atoms with Crippen molar-refractivity contribution in [3.8, 4) is 0 Å². The Morgan fingerprint density at radius 3 is 2.33 bits per heavy atom. The molecule has 0 spiro atoms. The molecule has 0 fully saturated rings. The molecule has 0 aliphatic heterocycles. The van der Waals surface area contributed by atoms with Crippen LogP contribution in [-0.4, -0.2) is 18.5 Å². The number of aliphatic hydroxyl groups is 1. The van der Waals surface area contributed by atoms with E-state index in [1.54, 1.807) is 18.2 Å². The van der Waals surface area contributed by atoms with Gasteiger partial charge in [0.2, 0.25) is 0 Å². The van der Waals surface area contributed by atoms with Gasteiger partial charge in [-0.15, -0.1) is 0 Å². The van der Waals surface area contributed by atoms with Crippen LogP contribution in [0.4, 0.5) is 11.4 Å². The second-order valence-corrected chi connectivity index (χ2v) is 5.07. The summed E-state index contributed by atoms with van der Waals surface area (Å²) in [5, 5.41) is 11.3. The van der Waals surface area contributed by atoms with Crippen molar-refractivity contribution in [2.24, 2.45) is 0 Å². The largest absolute Gasteiger partial charge is 0.400 e. The molecule has 2 aromatic rings. The smallest absolute Gasteiger partial charge is 0.124 e. The van der Waals surface area contributed by atoms with Gasteiger partial charge in [0.05, 0.1) is 15.7 Å². The quantitative estimate of drug-likeness (QED) is 0.819. The molecule has 0 unspecified atom stereocenters. The molecule has 0 heterocycles. The Bertz CT molecular complexity index is 595. The van der Waals surface area contributed by atoms with Crippen molar-refractivity contribution in [3.05, 3.63) is 57.6 Å². The maximum absolute atomic E-state index is 10.7. The van der Waals surface area contributed by atoms with Gasteiger partial charge in [-0.05, 0) is 30.7 Å². The van der Waals surface area contributed by atoms with Crippen molar-refractivity contribution < 1.29 is 9.90 Å². The summed E-state index contributed by atoms with van der Waals surface area (Å²) in [4.78, 5) is 10.7. The van der Waals surface area contributed by atoms with Crippen LogP contribution in [0, 0.1) is 6.92 Å². The molecule has 112 valence electrons. The van der Waals surface area contributed by atoms with Gasteiger partial charge in [-0.25, -0.2) is 0 Å². The number of aldehydes is 1. The molecule has 0 radical (unpaired) electrons. The second-order valence-electron chi connectivity index (χ2n) is 4.25. The SMILES string of the molecule is CO.Cc1ccc(Nc2c(Cl)cccc2Cl)c(CC=O)c1. The minimum absolute atomic E-state index is 0.353. The summed E-state index contributed by atoms with van der Waals surface area (Å²) < 4.78 is 0. The number of aryl methyl sites for hydroxylation is 1. The van der Waals surface area contributed by atoms with Gasteiger partial charge in [0.15, 0.2) is 0 Å². The standard InChI is InChI=1S/C15H13Cl2NO.CH4O/c1-10-5-6-14(11(9-10)7-8-19)18-15-12(16)3-2-4-13(15)17;1-2/h2-6,8-9,18H,7H2,1H3;2H,1H3. The fourth-order valence-electron chi connectivity index (χ4n) is 1.86. The lowest BCUT2D eigenvalue weighted by atomic mass is 10.1. The lowest BCUT2D eigenvalue weighted by Gasteiger charge is -2.14. The first-order chi connectivity index (χ1) is 10.1. The van der Waals surface area contributed by atoms with Crippen LogP contribution in [0.3, 0.4) is 0 Å². The fourth-order valence-corrected chi connectivity index (χ4v) is 2.35. The van der Waals surface area contributed by atoms with Crippen molar-refractivity contribution in [1.29, 1.82) is 0 Å². The maximum atomic E-state index is 10.7. The Balaban J connectivity index is 0.00000106. The molecule has 0 atom stereocenters. The summed E-state index contributed by atoms with van der Waals surface area (Å²) in [6.45, 7) is 1.99. The highest BCUT2D eigenvalue weighted by atomic mass is 35.5. The zero-order chi connectivity index (χ0) is 15.8. The predicted octanol–water partition coefficient (Wildman–Crippen LogP) is 4.40.